The third-order valence-electron chi connectivity index (χ3n) is 5.34. The van der Waals surface area contributed by atoms with Crippen LogP contribution in [0.5, 0.6) is 11.5 Å². The van der Waals surface area contributed by atoms with Crippen LogP contribution in [0.4, 0.5) is 26.3 Å². The molecule has 6 nitrogen and oxygen atoms in total. The second-order valence-corrected chi connectivity index (χ2v) is 9.70. The highest BCUT2D eigenvalue weighted by Gasteiger charge is 2.41. The Morgan fingerprint density at radius 3 is 2.24 bits per heavy atom. The number of methoxy groups -OCH3 is 1. The summed E-state index contributed by atoms with van der Waals surface area (Å²) in [4.78, 5) is 13.8. The van der Waals surface area contributed by atoms with E-state index in [-0.39, 0.29) is 18.7 Å². The number of ether oxygens (including phenoxy) is 2. The Labute approximate surface area is 191 Å². The van der Waals surface area contributed by atoms with Gasteiger partial charge >= 0.3 is 6.18 Å². The zero-order chi connectivity index (χ0) is 25.6. The molecule has 34 heavy (non-hydrogen) atoms. The normalized spacial score (nSPS) is 15.6. The van der Waals surface area contributed by atoms with Crippen LogP contribution in [0.1, 0.15) is 28.8 Å². The Kier molecular flexibility index (Phi) is 6.80. The van der Waals surface area contributed by atoms with Crippen molar-refractivity contribution in [3.05, 3.63) is 52.8 Å². The molecule has 1 aliphatic rings. The van der Waals surface area contributed by atoms with Gasteiger partial charge in [-0.25, -0.2) is 21.6 Å². The summed E-state index contributed by atoms with van der Waals surface area (Å²) in [6.07, 6.45) is -6.30. The summed E-state index contributed by atoms with van der Waals surface area (Å²) in [6.45, 7) is 0.319. The first-order valence-electron chi connectivity index (χ1n) is 9.73. The van der Waals surface area contributed by atoms with Crippen LogP contribution in [-0.4, -0.2) is 58.0 Å². The molecule has 0 spiro atoms. The maximum absolute atomic E-state index is 14.1. The van der Waals surface area contributed by atoms with Gasteiger partial charge in [0.15, 0.2) is 39.1 Å². The quantitative estimate of drug-likeness (QED) is 0.432. The highest BCUT2D eigenvalue weighted by Crippen LogP contribution is 2.40. The Morgan fingerprint density at radius 2 is 1.71 bits per heavy atom. The van der Waals surface area contributed by atoms with Crippen LogP contribution in [0.25, 0.3) is 0 Å². The predicted molar refractivity (Wildman–Crippen MR) is 107 cm³/mol. The van der Waals surface area contributed by atoms with Crippen molar-refractivity contribution < 1.29 is 49.0 Å². The third kappa shape index (κ3) is 4.79. The van der Waals surface area contributed by atoms with E-state index in [0.717, 1.165) is 42.5 Å². The minimum absolute atomic E-state index is 0.179. The molecular formula is C21H19F6NO5S. The van der Waals surface area contributed by atoms with Gasteiger partial charge in [0.1, 0.15) is 16.2 Å². The molecular weight excluding hydrogens is 492 g/mol. The zero-order valence-electron chi connectivity index (χ0n) is 18.0. The van der Waals surface area contributed by atoms with E-state index in [1.165, 1.54) is 0 Å². The van der Waals surface area contributed by atoms with Crippen molar-refractivity contribution in [3.8, 4) is 11.5 Å². The summed E-state index contributed by atoms with van der Waals surface area (Å²) in [5.74, 6) is -7.19. The maximum Gasteiger partial charge on any atom is 0.425 e. The number of carbonyl (C=O) groups excluding carboxylic acids is 1. The van der Waals surface area contributed by atoms with Crippen molar-refractivity contribution in [1.29, 1.82) is 0 Å². The lowest BCUT2D eigenvalue weighted by atomic mass is 9.90. The van der Waals surface area contributed by atoms with E-state index in [1.807, 2.05) is 0 Å². The fourth-order valence-electron chi connectivity index (χ4n) is 3.45. The molecule has 0 N–H and O–H groups in total. The van der Waals surface area contributed by atoms with Crippen LogP contribution in [0, 0.1) is 17.5 Å². The van der Waals surface area contributed by atoms with Gasteiger partial charge in [-0.2, -0.15) is 13.2 Å². The van der Waals surface area contributed by atoms with Crippen molar-refractivity contribution in [3.63, 3.8) is 0 Å². The molecule has 2 aromatic carbocycles. The van der Waals surface area contributed by atoms with Crippen LogP contribution < -0.4 is 9.47 Å². The van der Waals surface area contributed by atoms with Crippen molar-refractivity contribution in [2.24, 2.45) is 0 Å². The summed E-state index contributed by atoms with van der Waals surface area (Å²) < 4.78 is 114. The molecule has 2 aromatic rings. The summed E-state index contributed by atoms with van der Waals surface area (Å²) in [6, 6.07) is 3.64. The van der Waals surface area contributed by atoms with Gasteiger partial charge in [0.2, 0.25) is 0 Å². The zero-order valence-corrected chi connectivity index (χ0v) is 18.9. The number of amides is 1. The van der Waals surface area contributed by atoms with Crippen molar-refractivity contribution >= 4 is 15.7 Å². The second-order valence-electron chi connectivity index (χ2n) is 7.72. The topological polar surface area (TPSA) is 72.9 Å². The first-order chi connectivity index (χ1) is 15.7. The molecule has 0 bridgehead atoms. The van der Waals surface area contributed by atoms with E-state index < -0.39 is 73.4 Å². The highest BCUT2D eigenvalue weighted by molar-refractivity contribution is 7.90. The van der Waals surface area contributed by atoms with Crippen molar-refractivity contribution in [2.45, 2.75) is 30.0 Å². The lowest BCUT2D eigenvalue weighted by Gasteiger charge is -2.40. The van der Waals surface area contributed by atoms with Crippen LogP contribution in [0.3, 0.4) is 0 Å². The van der Waals surface area contributed by atoms with Gasteiger partial charge in [-0.1, -0.05) is 6.07 Å². The predicted octanol–water partition coefficient (Wildman–Crippen LogP) is 4.09. The summed E-state index contributed by atoms with van der Waals surface area (Å²) in [5, 5.41) is 0. The third-order valence-corrected chi connectivity index (χ3v) is 6.46. The van der Waals surface area contributed by atoms with E-state index in [0.29, 0.717) is 6.92 Å². The lowest BCUT2D eigenvalue weighted by molar-refractivity contribution is -0.189. The second kappa shape index (κ2) is 9.01. The van der Waals surface area contributed by atoms with E-state index in [9.17, 15) is 39.6 Å². The molecule has 0 unspecified atom stereocenters. The van der Waals surface area contributed by atoms with E-state index in [1.54, 1.807) is 0 Å². The number of likely N-dealkylation sites (tertiary alicyclic amines) is 1. The molecule has 0 aromatic heterocycles. The Morgan fingerprint density at radius 1 is 1.09 bits per heavy atom. The smallest absolute Gasteiger partial charge is 0.425 e. The molecule has 1 aliphatic heterocycles. The highest BCUT2D eigenvalue weighted by atomic mass is 32.2. The van der Waals surface area contributed by atoms with Gasteiger partial charge in [-0.3, -0.25) is 4.79 Å². The fraction of sp³-hybridized carbons (Fsp3) is 0.381. The standard InChI is InChI=1S/C21H19F6NO5S/c1-10(21(25,26)27)33-14-6-7-15(34(3,30)31)19(32-2)16(14)20(29)28-8-11(9-28)12-4-5-13(22)18(24)17(12)23/h4-7,10-11H,8-9H2,1-3H3/t10-/m0/s1. The molecule has 13 heteroatoms. The van der Waals surface area contributed by atoms with Gasteiger partial charge in [-0.05, 0) is 30.7 Å². The number of rotatable bonds is 6. The van der Waals surface area contributed by atoms with Crippen molar-refractivity contribution in [1.82, 2.24) is 4.90 Å². The van der Waals surface area contributed by atoms with Crippen LogP contribution in [0.2, 0.25) is 0 Å². The molecule has 1 fully saturated rings. The molecule has 0 saturated carbocycles. The average Bonchev–Trinajstić information content (AvgIpc) is 2.70. The largest absolute Gasteiger partial charge is 0.494 e. The number of halogens is 6. The number of sulfone groups is 1. The molecule has 3 rings (SSSR count). The Hall–Kier alpha value is -2.96. The number of carbonyl (C=O) groups is 1. The molecule has 0 aliphatic carbocycles. The molecule has 0 radical (unpaired) electrons. The number of benzene rings is 2. The molecule has 1 amide bonds. The maximum atomic E-state index is 14.1. The number of alkyl halides is 3. The van der Waals surface area contributed by atoms with Gasteiger partial charge < -0.3 is 14.4 Å². The average molecular weight is 511 g/mol. The van der Waals surface area contributed by atoms with Gasteiger partial charge in [0, 0.05) is 25.3 Å². The molecule has 1 atom stereocenters. The fourth-order valence-corrected chi connectivity index (χ4v) is 4.29. The number of hydrogen-bond donors (Lipinski definition) is 0. The number of nitrogens with zero attached hydrogens (tertiary/aromatic N) is 1. The lowest BCUT2D eigenvalue weighted by Crippen LogP contribution is -2.49. The Balaban J connectivity index is 1.98. The number of hydrogen-bond acceptors (Lipinski definition) is 5. The van der Waals surface area contributed by atoms with Gasteiger partial charge in [0.05, 0.1) is 7.11 Å². The molecule has 1 saturated heterocycles. The minimum atomic E-state index is -4.78. The monoisotopic (exact) mass is 511 g/mol. The van der Waals surface area contributed by atoms with E-state index in [2.05, 4.69) is 0 Å². The van der Waals surface area contributed by atoms with Gasteiger partial charge in [0.25, 0.3) is 5.91 Å². The van der Waals surface area contributed by atoms with E-state index in [4.69, 9.17) is 9.47 Å². The van der Waals surface area contributed by atoms with Crippen molar-refractivity contribution in [2.75, 3.05) is 26.5 Å². The summed E-state index contributed by atoms with van der Waals surface area (Å²) in [5.41, 5.74) is -0.743. The minimum Gasteiger partial charge on any atom is -0.494 e. The van der Waals surface area contributed by atoms with Gasteiger partial charge in [-0.15, -0.1) is 0 Å². The summed E-state index contributed by atoms with van der Waals surface area (Å²) >= 11 is 0. The van der Waals surface area contributed by atoms with E-state index >= 15 is 0 Å². The van der Waals surface area contributed by atoms with Crippen LogP contribution in [0.15, 0.2) is 29.2 Å². The van der Waals surface area contributed by atoms with Crippen LogP contribution in [-0.2, 0) is 9.84 Å². The summed E-state index contributed by atoms with van der Waals surface area (Å²) in [7, 11) is -2.92. The first kappa shape index (κ1) is 25.7. The molecule has 1 heterocycles. The molecule has 186 valence electrons. The SMILES string of the molecule is COc1c(S(C)(=O)=O)ccc(O[C@@H](C)C(F)(F)F)c1C(=O)N1CC(c2ccc(F)c(F)c2F)C1. The van der Waals surface area contributed by atoms with Crippen LogP contribution >= 0.6 is 0 Å². The Bertz CT molecular complexity index is 1230. The first-order valence-corrected chi connectivity index (χ1v) is 11.6.